The van der Waals surface area contributed by atoms with Gasteiger partial charge in [0.2, 0.25) is 0 Å². The Morgan fingerprint density at radius 3 is 2.66 bits per heavy atom. The van der Waals surface area contributed by atoms with E-state index in [4.69, 9.17) is 9.73 Å². The maximum Gasteiger partial charge on any atom is 0.345 e. The van der Waals surface area contributed by atoms with Crippen molar-refractivity contribution in [1.82, 2.24) is 29.9 Å². The van der Waals surface area contributed by atoms with Gasteiger partial charge >= 0.3 is 5.69 Å². The van der Waals surface area contributed by atoms with E-state index in [1.54, 1.807) is 4.68 Å². The molecule has 0 atom stereocenters. The molecule has 0 amide bonds. The Morgan fingerprint density at radius 2 is 1.91 bits per heavy atom. The molecule has 0 bridgehead atoms. The Labute approximate surface area is 191 Å². The number of ether oxygens (including phenoxy) is 1. The molecule has 1 aromatic rings. The maximum atomic E-state index is 12.5. The lowest BCUT2D eigenvalue weighted by Crippen LogP contribution is -2.56. The first-order valence-corrected chi connectivity index (χ1v) is 12.7. The van der Waals surface area contributed by atoms with Gasteiger partial charge in [-0.2, -0.15) is 5.10 Å². The maximum absolute atomic E-state index is 12.5. The van der Waals surface area contributed by atoms with Crippen LogP contribution in [0.4, 0.5) is 0 Å². The monoisotopic (exact) mass is 447 g/mol. The van der Waals surface area contributed by atoms with Crippen LogP contribution in [0.25, 0.3) is 0 Å². The lowest BCUT2D eigenvalue weighted by molar-refractivity contribution is -0.0333. The zero-order valence-electron chi connectivity index (χ0n) is 19.8. The fourth-order valence-electron chi connectivity index (χ4n) is 5.42. The number of guanidine groups is 1. The van der Waals surface area contributed by atoms with E-state index >= 15 is 0 Å². The number of nitrogens with zero attached hydrogens (tertiary/aromatic N) is 5. The molecule has 4 rings (SSSR count). The van der Waals surface area contributed by atoms with Gasteiger partial charge in [0.25, 0.3) is 0 Å². The smallest absolute Gasteiger partial charge is 0.345 e. The van der Waals surface area contributed by atoms with E-state index in [2.05, 4.69) is 27.6 Å². The second-order valence-electron chi connectivity index (χ2n) is 9.39. The van der Waals surface area contributed by atoms with Crippen LogP contribution in [0.15, 0.2) is 9.79 Å². The summed E-state index contributed by atoms with van der Waals surface area (Å²) in [6.45, 7) is 9.69. The number of aromatic nitrogens is 3. The average molecular weight is 448 g/mol. The van der Waals surface area contributed by atoms with Gasteiger partial charge in [-0.1, -0.05) is 19.3 Å². The van der Waals surface area contributed by atoms with Crippen molar-refractivity contribution in [1.29, 1.82) is 0 Å². The van der Waals surface area contributed by atoms with Crippen molar-refractivity contribution in [3.8, 4) is 0 Å². The quantitative estimate of drug-likeness (QED) is 0.355. The van der Waals surface area contributed by atoms with Gasteiger partial charge < -0.3 is 15.4 Å². The second-order valence-corrected chi connectivity index (χ2v) is 9.39. The van der Waals surface area contributed by atoms with Gasteiger partial charge in [-0.3, -0.25) is 14.5 Å². The minimum Gasteiger partial charge on any atom is -0.379 e. The lowest BCUT2D eigenvalue weighted by Gasteiger charge is -2.47. The largest absolute Gasteiger partial charge is 0.379 e. The summed E-state index contributed by atoms with van der Waals surface area (Å²) in [4.78, 5) is 20.2. The highest BCUT2D eigenvalue weighted by atomic mass is 16.5. The number of fused-ring (bicyclic) bond motifs is 1. The van der Waals surface area contributed by atoms with E-state index in [-0.39, 0.29) is 11.2 Å². The molecule has 180 valence electrons. The Hall–Kier alpha value is -1.87. The van der Waals surface area contributed by atoms with Crippen LogP contribution in [-0.4, -0.2) is 76.7 Å². The van der Waals surface area contributed by atoms with Crippen LogP contribution in [0.5, 0.6) is 0 Å². The number of hydrogen-bond acceptors (Lipinski definition) is 5. The number of morpholine rings is 1. The summed E-state index contributed by atoms with van der Waals surface area (Å²) in [6.07, 6.45) is 10.3. The lowest BCUT2D eigenvalue weighted by atomic mass is 9.80. The summed E-state index contributed by atoms with van der Waals surface area (Å²) in [7, 11) is 0. The predicted molar refractivity (Wildman–Crippen MR) is 126 cm³/mol. The Morgan fingerprint density at radius 1 is 1.09 bits per heavy atom. The Balaban J connectivity index is 1.32. The highest BCUT2D eigenvalue weighted by Crippen LogP contribution is 2.34. The van der Waals surface area contributed by atoms with Gasteiger partial charge in [0.15, 0.2) is 5.96 Å². The highest BCUT2D eigenvalue weighted by molar-refractivity contribution is 5.79. The summed E-state index contributed by atoms with van der Waals surface area (Å²) >= 11 is 0. The summed E-state index contributed by atoms with van der Waals surface area (Å²) in [5.74, 6) is 1.83. The van der Waals surface area contributed by atoms with Gasteiger partial charge in [-0.15, -0.1) is 0 Å². The zero-order valence-corrected chi connectivity index (χ0v) is 19.8. The molecule has 9 nitrogen and oxygen atoms in total. The molecule has 2 N–H and O–H groups in total. The third kappa shape index (κ3) is 5.54. The van der Waals surface area contributed by atoms with E-state index in [0.717, 1.165) is 89.9 Å². The number of hydrogen-bond donors (Lipinski definition) is 2. The van der Waals surface area contributed by atoms with Crippen LogP contribution in [0.3, 0.4) is 0 Å². The minimum absolute atomic E-state index is 0.0463. The first kappa shape index (κ1) is 23.3. The molecule has 1 saturated carbocycles. The molecule has 32 heavy (non-hydrogen) atoms. The SMILES string of the molecule is CCNC(=NCC1(N2CCOCC2)CCCCC1)NCCCn1nc2n(c1=O)CCCC2. The Kier molecular flexibility index (Phi) is 8.24. The molecular formula is C23H41N7O2. The number of aryl methyl sites for hydroxylation is 2. The number of aliphatic imine (C=N–C) groups is 1. The molecule has 3 aliphatic rings. The van der Waals surface area contributed by atoms with Gasteiger partial charge in [0, 0.05) is 51.2 Å². The van der Waals surface area contributed by atoms with E-state index < -0.39 is 0 Å². The molecule has 0 spiro atoms. The summed E-state index contributed by atoms with van der Waals surface area (Å²) in [5.41, 5.74) is 0.220. The third-order valence-corrected chi connectivity index (χ3v) is 7.21. The van der Waals surface area contributed by atoms with Crippen molar-refractivity contribution in [2.24, 2.45) is 4.99 Å². The van der Waals surface area contributed by atoms with Crippen molar-refractivity contribution in [3.63, 3.8) is 0 Å². The number of nitrogens with one attached hydrogen (secondary N) is 2. The highest BCUT2D eigenvalue weighted by Gasteiger charge is 2.38. The predicted octanol–water partition coefficient (Wildman–Crippen LogP) is 1.36. The minimum atomic E-state index is 0.0463. The third-order valence-electron chi connectivity index (χ3n) is 7.21. The summed E-state index contributed by atoms with van der Waals surface area (Å²) < 4.78 is 9.09. The summed E-state index contributed by atoms with van der Waals surface area (Å²) in [5, 5.41) is 11.4. The zero-order chi connectivity index (χ0) is 22.2. The standard InChI is InChI=1S/C23H41N7O2/c1-2-24-21(25-12-8-14-30-22(31)29-13-7-4-9-20(29)27-30)26-19-23(10-5-3-6-11-23)28-15-17-32-18-16-28/h2-19H2,1H3,(H2,24,25,26). The van der Waals surface area contributed by atoms with Crippen molar-refractivity contribution in [2.75, 3.05) is 45.9 Å². The molecule has 2 fully saturated rings. The molecule has 0 unspecified atom stereocenters. The molecule has 0 radical (unpaired) electrons. The molecule has 1 aromatic heterocycles. The average Bonchev–Trinajstić information content (AvgIpc) is 3.17. The van der Waals surface area contributed by atoms with Crippen molar-refractivity contribution >= 4 is 5.96 Å². The fraction of sp³-hybridized carbons (Fsp3) is 0.870. The van der Waals surface area contributed by atoms with Crippen LogP contribution in [0, 0.1) is 0 Å². The van der Waals surface area contributed by atoms with Crippen LogP contribution < -0.4 is 16.3 Å². The summed E-state index contributed by atoms with van der Waals surface area (Å²) in [6, 6.07) is 0. The van der Waals surface area contributed by atoms with Gasteiger partial charge in [-0.05, 0) is 39.0 Å². The van der Waals surface area contributed by atoms with E-state index in [0.29, 0.717) is 6.54 Å². The Bertz CT molecular complexity index is 804. The molecule has 1 aliphatic carbocycles. The van der Waals surface area contributed by atoms with Gasteiger partial charge in [0.1, 0.15) is 5.82 Å². The molecule has 3 heterocycles. The van der Waals surface area contributed by atoms with E-state index in [9.17, 15) is 4.79 Å². The molecular weight excluding hydrogens is 406 g/mol. The van der Waals surface area contributed by atoms with E-state index in [1.807, 2.05) is 4.57 Å². The van der Waals surface area contributed by atoms with Crippen LogP contribution in [0.1, 0.15) is 64.1 Å². The van der Waals surface area contributed by atoms with E-state index in [1.165, 1.54) is 32.1 Å². The number of rotatable bonds is 8. The van der Waals surface area contributed by atoms with Crippen LogP contribution >= 0.6 is 0 Å². The molecule has 0 aromatic carbocycles. The first-order valence-electron chi connectivity index (χ1n) is 12.7. The molecule has 1 saturated heterocycles. The molecule has 2 aliphatic heterocycles. The topological polar surface area (TPSA) is 88.7 Å². The van der Waals surface area contributed by atoms with Gasteiger partial charge in [-0.25, -0.2) is 9.48 Å². The van der Waals surface area contributed by atoms with Crippen LogP contribution in [0.2, 0.25) is 0 Å². The normalized spacial score (nSPS) is 21.8. The van der Waals surface area contributed by atoms with Gasteiger partial charge in [0.05, 0.1) is 19.8 Å². The van der Waals surface area contributed by atoms with Crippen molar-refractivity contribution in [3.05, 3.63) is 16.3 Å². The first-order chi connectivity index (χ1) is 15.7. The molecule has 9 heteroatoms. The van der Waals surface area contributed by atoms with Crippen LogP contribution in [-0.2, 0) is 24.2 Å². The second kappa shape index (κ2) is 11.3. The van der Waals surface area contributed by atoms with Crippen molar-refractivity contribution < 1.29 is 4.74 Å². The van der Waals surface area contributed by atoms with Crippen molar-refractivity contribution in [2.45, 2.75) is 83.3 Å². The fourth-order valence-corrected chi connectivity index (χ4v) is 5.42.